The van der Waals surface area contributed by atoms with Gasteiger partial charge in [-0.1, -0.05) is 24.9 Å². The zero-order valence-electron chi connectivity index (χ0n) is 18.9. The van der Waals surface area contributed by atoms with Crippen LogP contribution < -0.4 is 15.0 Å². The summed E-state index contributed by atoms with van der Waals surface area (Å²) in [5, 5.41) is 8.27. The van der Waals surface area contributed by atoms with Crippen molar-refractivity contribution in [2.45, 2.75) is 32.1 Å². The number of rotatable bonds is 9. The maximum atomic E-state index is 10.9. The van der Waals surface area contributed by atoms with E-state index < -0.39 is 5.91 Å². The summed E-state index contributed by atoms with van der Waals surface area (Å²) < 4.78 is 59.5. The van der Waals surface area contributed by atoms with Gasteiger partial charge in [0.2, 0.25) is 5.91 Å². The van der Waals surface area contributed by atoms with Gasteiger partial charge < -0.3 is 9.47 Å². The third kappa shape index (κ3) is 5.45. The number of unbranched alkanes of at least 4 members (excludes halogenated alkanes) is 3. The zero-order chi connectivity index (χ0) is 21.7. The largest absolute Gasteiger partial charge is 0.497 e. The van der Waals surface area contributed by atoms with Crippen LogP contribution >= 0.6 is 0 Å². The second-order valence-electron chi connectivity index (χ2n) is 4.91. The molecule has 124 valence electrons. The Bertz CT molecular complexity index is 922. The molecule has 2 N–H and O–H groups in total. The van der Waals surface area contributed by atoms with Gasteiger partial charge in [0.15, 0.2) is 0 Å². The van der Waals surface area contributed by atoms with Crippen molar-refractivity contribution in [3.63, 3.8) is 0 Å². The van der Waals surface area contributed by atoms with E-state index in [1.165, 1.54) is 7.11 Å². The number of hydrogen-bond acceptors (Lipinski definition) is 4. The number of benzene rings is 2. The predicted molar refractivity (Wildman–Crippen MR) is 89.0 cm³/mol. The molecule has 0 radical (unpaired) electrons. The fourth-order valence-corrected chi connectivity index (χ4v) is 1.99. The van der Waals surface area contributed by atoms with Crippen LogP contribution in [-0.4, -0.2) is 24.8 Å². The Morgan fingerprint density at radius 3 is 2.43 bits per heavy atom. The minimum Gasteiger partial charge on any atom is -0.497 e. The fraction of sp³-hybridized carbons (Fsp3) is 0.389. The van der Waals surface area contributed by atoms with Gasteiger partial charge in [-0.3, -0.25) is 10.0 Å². The third-order valence-corrected chi connectivity index (χ3v) is 3.20. The lowest BCUT2D eigenvalue weighted by atomic mass is 10.1. The SMILES string of the molecule is [2H]c1c(OCCCCCCC(=O)NO)c([2H])c2c([2H])c([2H])c(OC)c([2H])c2c1[2H]. The van der Waals surface area contributed by atoms with Gasteiger partial charge in [0.1, 0.15) is 11.5 Å². The lowest BCUT2D eigenvalue weighted by Gasteiger charge is -2.08. The highest BCUT2D eigenvalue weighted by molar-refractivity contribution is 5.85. The molecule has 5 heteroatoms. The van der Waals surface area contributed by atoms with Gasteiger partial charge >= 0.3 is 0 Å². The Morgan fingerprint density at radius 2 is 1.74 bits per heavy atom. The fourth-order valence-electron chi connectivity index (χ4n) is 1.99. The van der Waals surface area contributed by atoms with Crippen molar-refractivity contribution in [1.82, 2.24) is 5.48 Å². The molecule has 2 aromatic rings. The van der Waals surface area contributed by atoms with E-state index in [0.29, 0.717) is 12.8 Å². The number of carbonyl (C=O) groups excluding carboxylic acids is 1. The van der Waals surface area contributed by atoms with Crippen LogP contribution in [0.4, 0.5) is 0 Å². The number of hydrogen-bond donors (Lipinski definition) is 2. The van der Waals surface area contributed by atoms with Crippen LogP contribution in [0.1, 0.15) is 40.3 Å². The number of nitrogens with one attached hydrogen (secondary N) is 1. The number of amides is 1. The highest BCUT2D eigenvalue weighted by atomic mass is 16.5. The molecule has 2 rings (SSSR count). The lowest BCUT2D eigenvalue weighted by molar-refractivity contribution is -0.129. The Labute approximate surface area is 144 Å². The van der Waals surface area contributed by atoms with Crippen molar-refractivity contribution in [3.05, 3.63) is 36.3 Å². The molecule has 2 aromatic carbocycles. The van der Waals surface area contributed by atoms with Gasteiger partial charge in [-0.15, -0.1) is 0 Å². The van der Waals surface area contributed by atoms with E-state index in [-0.39, 0.29) is 71.6 Å². The first-order valence-corrected chi connectivity index (χ1v) is 7.39. The van der Waals surface area contributed by atoms with Crippen molar-refractivity contribution in [3.8, 4) is 11.5 Å². The third-order valence-electron chi connectivity index (χ3n) is 3.20. The lowest BCUT2D eigenvalue weighted by Crippen LogP contribution is -2.17. The number of ether oxygens (including phenoxy) is 2. The van der Waals surface area contributed by atoms with E-state index in [4.69, 9.17) is 22.9 Å². The molecule has 0 spiro atoms. The van der Waals surface area contributed by atoms with Gasteiger partial charge in [0, 0.05) is 6.42 Å². The minimum atomic E-state index is -0.441. The maximum Gasteiger partial charge on any atom is 0.243 e. The monoisotopic (exact) mass is 323 g/mol. The van der Waals surface area contributed by atoms with Gasteiger partial charge in [0.05, 0.1) is 21.9 Å². The zero-order valence-corrected chi connectivity index (χ0v) is 12.9. The van der Waals surface area contributed by atoms with Crippen LogP contribution in [0.3, 0.4) is 0 Å². The van der Waals surface area contributed by atoms with Gasteiger partial charge in [0.25, 0.3) is 0 Å². The molecule has 1 amide bonds. The van der Waals surface area contributed by atoms with E-state index in [9.17, 15) is 4.79 Å². The van der Waals surface area contributed by atoms with E-state index in [1.807, 2.05) is 0 Å². The summed E-state index contributed by atoms with van der Waals surface area (Å²) >= 11 is 0. The first kappa shape index (κ1) is 10.5. The molecule has 0 saturated heterocycles. The average molecular weight is 323 g/mol. The van der Waals surface area contributed by atoms with E-state index in [2.05, 4.69) is 0 Å². The molecule has 0 unspecified atom stereocenters. The summed E-state index contributed by atoms with van der Waals surface area (Å²) in [6, 6.07) is -2.00. The second-order valence-corrected chi connectivity index (χ2v) is 4.91. The van der Waals surface area contributed by atoms with Crippen LogP contribution in [0.25, 0.3) is 10.8 Å². The number of hydroxylamine groups is 1. The summed E-state index contributed by atoms with van der Waals surface area (Å²) in [6.45, 7) is 0.180. The number of fused-ring (bicyclic) bond motifs is 1. The second kappa shape index (κ2) is 9.00. The molecular formula is C18H23NO4. The summed E-state index contributed by atoms with van der Waals surface area (Å²) in [5.74, 6) is -0.763. The van der Waals surface area contributed by atoms with Crippen LogP contribution in [-0.2, 0) is 4.79 Å². The van der Waals surface area contributed by atoms with Crippen LogP contribution in [0, 0.1) is 0 Å². The molecular weight excluding hydrogens is 294 g/mol. The molecule has 0 fully saturated rings. The molecule has 5 nitrogen and oxygen atoms in total. The number of methoxy groups -OCH3 is 1. The Morgan fingerprint density at radius 1 is 1.09 bits per heavy atom. The van der Waals surface area contributed by atoms with Gasteiger partial charge in [-0.05, 0) is 47.8 Å². The van der Waals surface area contributed by atoms with E-state index in [0.717, 1.165) is 12.8 Å². The van der Waals surface area contributed by atoms with Gasteiger partial charge in [-0.25, -0.2) is 5.48 Å². The van der Waals surface area contributed by atoms with Crippen molar-refractivity contribution >= 4 is 16.7 Å². The molecule has 0 aliphatic rings. The van der Waals surface area contributed by atoms with Crippen LogP contribution in [0.2, 0.25) is 0 Å². The molecule has 0 atom stereocenters. The molecule has 0 aliphatic carbocycles. The topological polar surface area (TPSA) is 67.8 Å². The van der Waals surface area contributed by atoms with E-state index >= 15 is 0 Å². The molecule has 0 heterocycles. The quantitative estimate of drug-likeness (QED) is 0.419. The van der Waals surface area contributed by atoms with Crippen LogP contribution in [0.5, 0.6) is 11.5 Å². The minimum absolute atomic E-state index is 0.0765. The predicted octanol–water partition coefficient (Wildman–Crippen LogP) is 3.68. The summed E-state index contributed by atoms with van der Waals surface area (Å²) in [5.41, 5.74) is 1.57. The normalized spacial score (nSPS) is 14.2. The maximum absolute atomic E-state index is 10.9. The molecule has 0 bridgehead atoms. The molecule has 0 aliphatic heterocycles. The Kier molecular flexibility index (Phi) is 4.11. The van der Waals surface area contributed by atoms with Crippen molar-refractivity contribution in [2.24, 2.45) is 0 Å². The standard InChI is InChI=1S/C18H23NO4/c1-22-16-9-7-15-13-17(10-8-14(15)12-16)23-11-5-3-2-4-6-18(20)19-21/h7-10,12-13,21H,2-6,11H2,1H3,(H,19,20)/i7D,8D,9D,10D,12D,13D. The number of carbonyl (C=O) groups is 1. The van der Waals surface area contributed by atoms with Crippen molar-refractivity contribution in [2.75, 3.05) is 13.7 Å². The van der Waals surface area contributed by atoms with Crippen LogP contribution in [0.15, 0.2) is 36.3 Å². The Hall–Kier alpha value is -2.27. The van der Waals surface area contributed by atoms with Crippen molar-refractivity contribution in [1.29, 1.82) is 0 Å². The summed E-state index contributed by atoms with van der Waals surface area (Å²) in [6.07, 6.45) is 2.89. The molecule has 23 heavy (non-hydrogen) atoms. The van der Waals surface area contributed by atoms with E-state index in [1.54, 1.807) is 5.48 Å². The first-order valence-electron chi connectivity index (χ1n) is 10.4. The smallest absolute Gasteiger partial charge is 0.243 e. The first-order chi connectivity index (χ1) is 13.8. The highest BCUT2D eigenvalue weighted by Crippen LogP contribution is 2.25. The molecule has 0 saturated carbocycles. The highest BCUT2D eigenvalue weighted by Gasteiger charge is 2.01. The average Bonchev–Trinajstić information content (AvgIpc) is 2.70. The van der Waals surface area contributed by atoms with Crippen molar-refractivity contribution < 1.29 is 27.7 Å². The van der Waals surface area contributed by atoms with Gasteiger partial charge in [-0.2, -0.15) is 0 Å². The summed E-state index contributed by atoms with van der Waals surface area (Å²) in [7, 11) is 1.26. The molecule has 0 aromatic heterocycles. The summed E-state index contributed by atoms with van der Waals surface area (Å²) in [4.78, 5) is 10.9. The Balaban J connectivity index is 2.21.